The summed E-state index contributed by atoms with van der Waals surface area (Å²) in [5.74, 6) is -2.46. The zero-order chi connectivity index (χ0) is 24.1. The van der Waals surface area contributed by atoms with Crippen LogP contribution in [0.4, 0.5) is 5.69 Å². The molecular weight excluding hydrogens is 462 g/mol. The molecular formula is C23H27N3O7S. The molecule has 4 rings (SSSR count). The molecule has 1 N–H and O–H groups in total. The molecule has 2 aliphatic heterocycles. The Morgan fingerprint density at radius 2 is 1.68 bits per heavy atom. The molecule has 1 aromatic carbocycles. The number of esters is 1. The van der Waals surface area contributed by atoms with E-state index in [1.165, 1.54) is 34.8 Å². The van der Waals surface area contributed by atoms with Crippen LogP contribution in [0, 0.1) is 0 Å². The molecule has 2 aromatic rings. The van der Waals surface area contributed by atoms with Crippen molar-refractivity contribution in [2.75, 3.05) is 37.7 Å². The summed E-state index contributed by atoms with van der Waals surface area (Å²) < 4.78 is 37.8. The number of sulfonamides is 1. The Bertz CT molecular complexity index is 1150. The Labute approximate surface area is 197 Å². The van der Waals surface area contributed by atoms with Crippen molar-refractivity contribution in [1.82, 2.24) is 9.62 Å². The van der Waals surface area contributed by atoms with Crippen LogP contribution in [0.1, 0.15) is 53.0 Å². The molecule has 0 unspecified atom stereocenters. The molecule has 0 spiro atoms. The monoisotopic (exact) mass is 489 g/mol. The van der Waals surface area contributed by atoms with E-state index in [4.69, 9.17) is 9.15 Å². The van der Waals surface area contributed by atoms with Crippen LogP contribution in [0.25, 0.3) is 0 Å². The molecule has 2 fully saturated rings. The smallest absolute Gasteiger partial charge is 0.340 e. The van der Waals surface area contributed by atoms with Gasteiger partial charge >= 0.3 is 5.97 Å². The van der Waals surface area contributed by atoms with Crippen molar-refractivity contribution in [1.29, 1.82) is 0 Å². The predicted octanol–water partition coefficient (Wildman–Crippen LogP) is 2.17. The summed E-state index contributed by atoms with van der Waals surface area (Å²) in [5.41, 5.74) is 0.636. The number of carbonyl (C=O) groups is 3. The highest BCUT2D eigenvalue weighted by molar-refractivity contribution is 7.89. The third-order valence-electron chi connectivity index (χ3n) is 5.92. The van der Waals surface area contributed by atoms with Crippen molar-refractivity contribution >= 4 is 33.5 Å². The maximum absolute atomic E-state index is 13.1. The number of piperidine rings is 1. The summed E-state index contributed by atoms with van der Waals surface area (Å²) in [4.78, 5) is 39.0. The molecule has 0 radical (unpaired) electrons. The van der Waals surface area contributed by atoms with E-state index in [2.05, 4.69) is 5.32 Å². The van der Waals surface area contributed by atoms with Gasteiger partial charge in [0.2, 0.25) is 10.0 Å². The Morgan fingerprint density at radius 3 is 2.35 bits per heavy atom. The third kappa shape index (κ3) is 5.31. The van der Waals surface area contributed by atoms with Gasteiger partial charge in [-0.25, -0.2) is 13.2 Å². The average Bonchev–Trinajstić information content (AvgIpc) is 3.57. The van der Waals surface area contributed by atoms with Gasteiger partial charge in [0.05, 0.1) is 22.4 Å². The van der Waals surface area contributed by atoms with E-state index in [0.717, 1.165) is 45.2 Å². The predicted molar refractivity (Wildman–Crippen MR) is 122 cm³/mol. The summed E-state index contributed by atoms with van der Waals surface area (Å²) in [6.45, 7) is 1.65. The molecule has 1 aromatic heterocycles. The summed E-state index contributed by atoms with van der Waals surface area (Å²) in [5, 5.41) is 2.08. The van der Waals surface area contributed by atoms with Gasteiger partial charge in [0, 0.05) is 26.2 Å². The van der Waals surface area contributed by atoms with E-state index in [1.54, 1.807) is 6.07 Å². The van der Waals surface area contributed by atoms with Gasteiger partial charge in [-0.3, -0.25) is 14.9 Å². The highest BCUT2D eigenvalue weighted by Crippen LogP contribution is 2.30. The minimum Gasteiger partial charge on any atom is -0.459 e. The van der Waals surface area contributed by atoms with Crippen molar-refractivity contribution in [3.63, 3.8) is 0 Å². The lowest BCUT2D eigenvalue weighted by Crippen LogP contribution is -2.36. The van der Waals surface area contributed by atoms with Gasteiger partial charge in [-0.15, -0.1) is 0 Å². The van der Waals surface area contributed by atoms with E-state index >= 15 is 0 Å². The second-order valence-electron chi connectivity index (χ2n) is 8.27. The van der Waals surface area contributed by atoms with E-state index in [9.17, 15) is 22.8 Å². The highest BCUT2D eigenvalue weighted by Gasteiger charge is 2.29. The highest BCUT2D eigenvalue weighted by atomic mass is 32.2. The average molecular weight is 490 g/mol. The second kappa shape index (κ2) is 10.4. The standard InChI is InChI=1S/C23H27N3O7S/c27-21(24-22(28)20-7-6-14-32-20)16-33-23(29)18-15-17(8-9-19(18)25-10-4-5-11-25)34(30,31)26-12-2-1-3-13-26/h6-9,14-15H,1-5,10-13,16H2,(H,24,27,28). The largest absolute Gasteiger partial charge is 0.459 e. The number of carbonyl (C=O) groups excluding carboxylic acids is 3. The number of nitrogens with zero attached hydrogens (tertiary/aromatic N) is 2. The molecule has 3 heterocycles. The molecule has 182 valence electrons. The molecule has 0 aliphatic carbocycles. The van der Waals surface area contributed by atoms with Crippen molar-refractivity contribution in [3.8, 4) is 0 Å². The fourth-order valence-corrected chi connectivity index (χ4v) is 5.71. The fraction of sp³-hybridized carbons (Fsp3) is 0.435. The van der Waals surface area contributed by atoms with Crippen LogP contribution in [0.2, 0.25) is 0 Å². The van der Waals surface area contributed by atoms with Crippen LogP contribution in [-0.4, -0.2) is 63.3 Å². The minimum absolute atomic E-state index is 0.0155. The second-order valence-corrected chi connectivity index (χ2v) is 10.2. The van der Waals surface area contributed by atoms with Gasteiger partial charge < -0.3 is 14.1 Å². The van der Waals surface area contributed by atoms with Gasteiger partial charge in [-0.05, 0) is 56.0 Å². The number of imide groups is 1. The van der Waals surface area contributed by atoms with Crippen molar-refractivity contribution in [2.24, 2.45) is 0 Å². The number of ether oxygens (including phenoxy) is 1. The van der Waals surface area contributed by atoms with E-state index < -0.39 is 34.4 Å². The number of hydrogen-bond acceptors (Lipinski definition) is 8. The number of benzene rings is 1. The van der Waals surface area contributed by atoms with Crippen LogP contribution in [-0.2, 0) is 19.6 Å². The minimum atomic E-state index is -3.76. The molecule has 10 nitrogen and oxygen atoms in total. The first kappa shape index (κ1) is 24.0. The van der Waals surface area contributed by atoms with Gasteiger partial charge in [-0.1, -0.05) is 6.42 Å². The zero-order valence-corrected chi connectivity index (χ0v) is 19.5. The Morgan fingerprint density at radius 1 is 0.971 bits per heavy atom. The fourth-order valence-electron chi connectivity index (χ4n) is 4.17. The zero-order valence-electron chi connectivity index (χ0n) is 18.7. The quantitative estimate of drug-likeness (QED) is 0.587. The molecule has 2 amide bonds. The van der Waals surface area contributed by atoms with E-state index in [-0.39, 0.29) is 16.2 Å². The SMILES string of the molecule is O=C(COC(=O)c1cc(S(=O)(=O)N2CCCCC2)ccc1N1CCCC1)NC(=O)c1ccco1. The van der Waals surface area contributed by atoms with Gasteiger partial charge in [0.15, 0.2) is 12.4 Å². The molecule has 11 heteroatoms. The first-order valence-corrected chi connectivity index (χ1v) is 12.7. The van der Waals surface area contributed by atoms with Gasteiger partial charge in [0.1, 0.15) is 0 Å². The maximum atomic E-state index is 13.1. The molecule has 0 atom stereocenters. The lowest BCUT2D eigenvalue weighted by Gasteiger charge is -2.27. The van der Waals surface area contributed by atoms with E-state index in [0.29, 0.717) is 18.8 Å². The number of furan rings is 1. The van der Waals surface area contributed by atoms with Crippen LogP contribution in [0.3, 0.4) is 0 Å². The normalized spacial score (nSPS) is 16.9. The molecule has 34 heavy (non-hydrogen) atoms. The topological polar surface area (TPSA) is 126 Å². The maximum Gasteiger partial charge on any atom is 0.340 e. The Kier molecular flexibility index (Phi) is 7.32. The molecule has 0 saturated carbocycles. The summed E-state index contributed by atoms with van der Waals surface area (Å²) >= 11 is 0. The Hall–Kier alpha value is -3.18. The number of anilines is 1. The Balaban J connectivity index is 1.51. The van der Waals surface area contributed by atoms with Gasteiger partial charge in [-0.2, -0.15) is 4.31 Å². The van der Waals surface area contributed by atoms with Crippen LogP contribution in [0.5, 0.6) is 0 Å². The summed E-state index contributed by atoms with van der Waals surface area (Å²) in [7, 11) is -3.76. The number of hydrogen-bond donors (Lipinski definition) is 1. The number of amides is 2. The number of nitrogens with one attached hydrogen (secondary N) is 1. The van der Waals surface area contributed by atoms with Crippen molar-refractivity contribution in [2.45, 2.75) is 37.0 Å². The van der Waals surface area contributed by atoms with Crippen LogP contribution >= 0.6 is 0 Å². The van der Waals surface area contributed by atoms with Crippen molar-refractivity contribution in [3.05, 3.63) is 47.9 Å². The molecule has 0 bridgehead atoms. The first-order chi connectivity index (χ1) is 16.4. The first-order valence-electron chi connectivity index (χ1n) is 11.3. The lowest BCUT2D eigenvalue weighted by molar-refractivity contribution is -0.123. The molecule has 2 saturated heterocycles. The van der Waals surface area contributed by atoms with Crippen molar-refractivity contribution < 1.29 is 32.0 Å². The summed E-state index contributed by atoms with van der Waals surface area (Å²) in [6, 6.07) is 7.36. The van der Waals surface area contributed by atoms with Crippen LogP contribution < -0.4 is 10.2 Å². The lowest BCUT2D eigenvalue weighted by atomic mass is 10.1. The van der Waals surface area contributed by atoms with E-state index in [1.807, 2.05) is 4.90 Å². The third-order valence-corrected chi connectivity index (χ3v) is 7.81. The van der Waals surface area contributed by atoms with Gasteiger partial charge in [0.25, 0.3) is 11.8 Å². The summed E-state index contributed by atoms with van der Waals surface area (Å²) in [6.07, 6.45) is 5.79. The number of rotatable bonds is 7. The van der Waals surface area contributed by atoms with Crippen LogP contribution in [0.15, 0.2) is 45.9 Å². The molecule has 2 aliphatic rings.